The summed E-state index contributed by atoms with van der Waals surface area (Å²) in [6.45, 7) is 1.82. The second kappa shape index (κ2) is 3.58. The average Bonchev–Trinajstić information content (AvgIpc) is 2.04. The third-order valence-corrected chi connectivity index (χ3v) is 2.06. The molecule has 3 nitrogen and oxygen atoms in total. The van der Waals surface area contributed by atoms with Crippen LogP contribution in [0, 0.1) is 5.92 Å². The number of aliphatic carboxylic acids is 1. The van der Waals surface area contributed by atoms with E-state index < -0.39 is 17.4 Å². The first-order valence-corrected chi connectivity index (χ1v) is 4.12. The maximum Gasteiger partial charge on any atom is 0.312 e. The number of carboxylic acids is 1. The van der Waals surface area contributed by atoms with Gasteiger partial charge in [-0.3, -0.25) is 4.79 Å². The number of nitrogens with two attached hydrogens (primary N) is 1. The van der Waals surface area contributed by atoms with Gasteiger partial charge in [-0.05, 0) is 6.92 Å². The molecule has 2 atom stereocenters. The number of allylic oxidation sites excluding steroid dienone is 3. The van der Waals surface area contributed by atoms with Gasteiger partial charge >= 0.3 is 5.97 Å². The molecule has 0 aliphatic heterocycles. The first kappa shape index (κ1) is 9.74. The minimum Gasteiger partial charge on any atom is -0.481 e. The van der Waals surface area contributed by atoms with Gasteiger partial charge in [-0.15, -0.1) is 0 Å². The van der Waals surface area contributed by atoms with Gasteiger partial charge in [-0.2, -0.15) is 0 Å². The Morgan fingerprint density at radius 3 is 2.85 bits per heavy atom. The zero-order valence-corrected chi connectivity index (χ0v) is 7.47. The topological polar surface area (TPSA) is 63.3 Å². The minimum absolute atomic E-state index is 0.673. The van der Waals surface area contributed by atoms with Crippen molar-refractivity contribution in [2.45, 2.75) is 12.5 Å². The van der Waals surface area contributed by atoms with Crippen LogP contribution < -0.4 is 5.73 Å². The summed E-state index contributed by atoms with van der Waals surface area (Å²) in [7, 11) is 0. The van der Waals surface area contributed by atoms with E-state index in [0.29, 0.717) is 0 Å². The van der Waals surface area contributed by atoms with Crippen molar-refractivity contribution >= 4 is 5.97 Å². The van der Waals surface area contributed by atoms with Crippen LogP contribution in [0.5, 0.6) is 0 Å². The fourth-order valence-electron chi connectivity index (χ4n) is 1.41. The van der Waals surface area contributed by atoms with Gasteiger partial charge in [0.1, 0.15) is 5.92 Å². The number of hydrogen-bond acceptors (Lipinski definition) is 2. The lowest BCUT2D eigenvalue weighted by atomic mass is 9.81. The molecule has 3 heteroatoms. The van der Waals surface area contributed by atoms with E-state index in [1.807, 2.05) is 6.92 Å². The standard InChI is InChI=1S/C10H13NO2/c1-2-6-10(11)7-4-3-5-8(10)9(12)13/h2-8H,11H2,1H3,(H,12,13). The summed E-state index contributed by atoms with van der Waals surface area (Å²) in [5.74, 6) is -1.57. The summed E-state index contributed by atoms with van der Waals surface area (Å²) in [4.78, 5) is 10.8. The van der Waals surface area contributed by atoms with E-state index >= 15 is 0 Å². The van der Waals surface area contributed by atoms with Gasteiger partial charge < -0.3 is 10.8 Å². The zero-order chi connectivity index (χ0) is 9.90. The van der Waals surface area contributed by atoms with E-state index in [0.717, 1.165) is 0 Å². The highest BCUT2D eigenvalue weighted by molar-refractivity contribution is 5.76. The summed E-state index contributed by atoms with van der Waals surface area (Å²) in [5.41, 5.74) is 5.03. The largest absolute Gasteiger partial charge is 0.481 e. The van der Waals surface area contributed by atoms with Crippen LogP contribution in [0.15, 0.2) is 36.5 Å². The predicted octanol–water partition coefficient (Wildman–Crippen LogP) is 1.09. The Hall–Kier alpha value is -1.35. The van der Waals surface area contributed by atoms with Crippen LogP contribution in [0.25, 0.3) is 0 Å². The van der Waals surface area contributed by atoms with Crippen molar-refractivity contribution in [3.05, 3.63) is 36.5 Å². The third kappa shape index (κ3) is 1.87. The predicted molar refractivity (Wildman–Crippen MR) is 51.1 cm³/mol. The SMILES string of the molecule is CC=CC1(N)C=CC=CC1C(=O)O. The van der Waals surface area contributed by atoms with Crippen LogP contribution >= 0.6 is 0 Å². The maximum absolute atomic E-state index is 10.8. The van der Waals surface area contributed by atoms with Gasteiger partial charge in [0.15, 0.2) is 0 Å². The van der Waals surface area contributed by atoms with E-state index in [9.17, 15) is 4.79 Å². The summed E-state index contributed by atoms with van der Waals surface area (Å²) < 4.78 is 0. The summed E-state index contributed by atoms with van der Waals surface area (Å²) in [6, 6.07) is 0. The smallest absolute Gasteiger partial charge is 0.312 e. The molecule has 0 spiro atoms. The molecule has 2 unspecified atom stereocenters. The van der Waals surface area contributed by atoms with E-state index in [4.69, 9.17) is 10.8 Å². The Labute approximate surface area is 77.2 Å². The molecule has 1 aliphatic carbocycles. The van der Waals surface area contributed by atoms with Crippen LogP contribution in [-0.2, 0) is 4.79 Å². The van der Waals surface area contributed by atoms with Crippen molar-refractivity contribution in [1.82, 2.24) is 0 Å². The Kier molecular flexibility index (Phi) is 2.68. The van der Waals surface area contributed by atoms with Gasteiger partial charge in [0.05, 0.1) is 5.54 Å². The van der Waals surface area contributed by atoms with Crippen LogP contribution in [0.3, 0.4) is 0 Å². The van der Waals surface area contributed by atoms with Gasteiger partial charge in [0, 0.05) is 0 Å². The summed E-state index contributed by atoms with van der Waals surface area (Å²) in [6.07, 6.45) is 10.2. The summed E-state index contributed by atoms with van der Waals surface area (Å²) in [5, 5.41) is 8.90. The highest BCUT2D eigenvalue weighted by atomic mass is 16.4. The Bertz CT molecular complexity index is 291. The van der Waals surface area contributed by atoms with Crippen LogP contribution in [0.2, 0.25) is 0 Å². The van der Waals surface area contributed by atoms with Crippen LogP contribution in [-0.4, -0.2) is 16.6 Å². The Morgan fingerprint density at radius 2 is 2.31 bits per heavy atom. The van der Waals surface area contributed by atoms with Crippen molar-refractivity contribution in [3.63, 3.8) is 0 Å². The van der Waals surface area contributed by atoms with E-state index in [2.05, 4.69) is 0 Å². The molecule has 1 aliphatic rings. The average molecular weight is 179 g/mol. The monoisotopic (exact) mass is 179 g/mol. The molecule has 0 aromatic carbocycles. The van der Waals surface area contributed by atoms with E-state index in [1.165, 1.54) is 0 Å². The highest BCUT2D eigenvalue weighted by Gasteiger charge is 2.34. The number of carboxylic acid groups (broad SMARTS) is 1. The Balaban J connectivity index is 3.00. The number of rotatable bonds is 2. The molecule has 0 saturated carbocycles. The molecule has 1 rings (SSSR count). The summed E-state index contributed by atoms with van der Waals surface area (Å²) >= 11 is 0. The molecule has 3 N–H and O–H groups in total. The van der Waals surface area contributed by atoms with Crippen molar-refractivity contribution in [2.75, 3.05) is 0 Å². The van der Waals surface area contributed by atoms with E-state index in [1.54, 1.807) is 36.5 Å². The van der Waals surface area contributed by atoms with Crippen molar-refractivity contribution < 1.29 is 9.90 Å². The lowest BCUT2D eigenvalue weighted by Crippen LogP contribution is -2.47. The zero-order valence-electron chi connectivity index (χ0n) is 7.47. The lowest BCUT2D eigenvalue weighted by molar-refractivity contribution is -0.141. The first-order chi connectivity index (χ1) is 6.10. The number of carbonyl (C=O) groups is 1. The maximum atomic E-state index is 10.8. The molecular weight excluding hydrogens is 166 g/mol. The van der Waals surface area contributed by atoms with Gasteiger partial charge in [0.25, 0.3) is 0 Å². The van der Waals surface area contributed by atoms with E-state index in [-0.39, 0.29) is 0 Å². The quantitative estimate of drug-likeness (QED) is 0.623. The first-order valence-electron chi connectivity index (χ1n) is 4.12. The van der Waals surface area contributed by atoms with Crippen molar-refractivity contribution in [3.8, 4) is 0 Å². The van der Waals surface area contributed by atoms with Gasteiger partial charge in [0.2, 0.25) is 0 Å². The number of hydrogen-bond donors (Lipinski definition) is 2. The molecule has 0 aromatic rings. The fourth-order valence-corrected chi connectivity index (χ4v) is 1.41. The Morgan fingerprint density at radius 1 is 1.62 bits per heavy atom. The molecular formula is C10H13NO2. The van der Waals surface area contributed by atoms with Gasteiger partial charge in [-0.1, -0.05) is 36.5 Å². The fraction of sp³-hybridized carbons (Fsp3) is 0.300. The molecule has 0 radical (unpaired) electrons. The van der Waals surface area contributed by atoms with Crippen LogP contribution in [0.1, 0.15) is 6.92 Å². The molecule has 0 bridgehead atoms. The second-order valence-electron chi connectivity index (χ2n) is 3.06. The molecule has 0 heterocycles. The highest BCUT2D eigenvalue weighted by Crippen LogP contribution is 2.23. The molecule has 0 fully saturated rings. The molecule has 0 aromatic heterocycles. The normalized spacial score (nSPS) is 32.6. The third-order valence-electron chi connectivity index (χ3n) is 2.06. The van der Waals surface area contributed by atoms with Crippen molar-refractivity contribution in [2.24, 2.45) is 11.7 Å². The van der Waals surface area contributed by atoms with Gasteiger partial charge in [-0.25, -0.2) is 0 Å². The molecule has 0 saturated heterocycles. The van der Waals surface area contributed by atoms with Crippen molar-refractivity contribution in [1.29, 1.82) is 0 Å². The van der Waals surface area contributed by atoms with Crippen LogP contribution in [0.4, 0.5) is 0 Å². The molecule has 70 valence electrons. The lowest BCUT2D eigenvalue weighted by Gasteiger charge is -2.28. The minimum atomic E-state index is -0.902. The molecule has 13 heavy (non-hydrogen) atoms. The second-order valence-corrected chi connectivity index (χ2v) is 3.06. The molecule has 0 amide bonds.